The Hall–Kier alpha value is -1.76. The lowest BCUT2D eigenvalue weighted by Crippen LogP contribution is -2.27. The molecule has 7 heteroatoms. The topological polar surface area (TPSA) is 80.4 Å². The number of ether oxygens (including phenoxy) is 2. The molecule has 0 spiro atoms. The Bertz CT molecular complexity index is 526. The zero-order valence-electron chi connectivity index (χ0n) is 14.2. The molecule has 0 radical (unpaired) electrons. The van der Waals surface area contributed by atoms with Crippen LogP contribution in [0.25, 0.3) is 0 Å². The summed E-state index contributed by atoms with van der Waals surface area (Å²) in [5, 5.41) is 2.56. The van der Waals surface area contributed by atoms with Gasteiger partial charge in [-0.25, -0.2) is 9.59 Å². The second kappa shape index (κ2) is 7.00. The third-order valence-corrected chi connectivity index (χ3v) is 4.34. The molecule has 0 bridgehead atoms. The first kappa shape index (κ1) is 18.3. The summed E-state index contributed by atoms with van der Waals surface area (Å²) in [4.78, 5) is 26.3. The van der Waals surface area contributed by atoms with Crippen LogP contribution in [0, 0.1) is 0 Å². The number of carbonyl (C=O) groups is 2. The van der Waals surface area contributed by atoms with E-state index < -0.39 is 25.7 Å². The summed E-state index contributed by atoms with van der Waals surface area (Å²) in [6.45, 7) is 12.4. The maximum absolute atomic E-state index is 11.9. The van der Waals surface area contributed by atoms with E-state index in [2.05, 4.69) is 29.9 Å². The summed E-state index contributed by atoms with van der Waals surface area (Å²) >= 11 is 0. The molecule has 0 aromatic carbocycles. The Morgan fingerprint density at radius 3 is 2.45 bits per heavy atom. The minimum absolute atomic E-state index is 0.307. The fourth-order valence-corrected chi connectivity index (χ4v) is 2.25. The van der Waals surface area contributed by atoms with E-state index in [1.165, 1.54) is 12.3 Å². The van der Waals surface area contributed by atoms with E-state index in [1.807, 2.05) is 0 Å². The van der Waals surface area contributed by atoms with E-state index in [0.29, 0.717) is 18.0 Å². The van der Waals surface area contributed by atoms with Gasteiger partial charge in [0, 0.05) is 14.3 Å². The van der Waals surface area contributed by atoms with Crippen molar-refractivity contribution in [3.63, 3.8) is 0 Å². The number of carbonyl (C=O) groups excluding carboxylic acids is 2. The number of anilines is 1. The molecular weight excluding hydrogens is 300 g/mol. The SMILES string of the molecule is CC(C)(C)OC(=O)Nc1c[nH]c(C(=O)OCC[Si](C)(C)C)c1. The molecule has 0 saturated carbocycles. The van der Waals surface area contributed by atoms with E-state index >= 15 is 0 Å². The fourth-order valence-electron chi connectivity index (χ4n) is 1.53. The summed E-state index contributed by atoms with van der Waals surface area (Å²) < 4.78 is 10.4. The Kier molecular flexibility index (Phi) is 5.82. The molecule has 1 amide bonds. The van der Waals surface area contributed by atoms with Crippen molar-refractivity contribution in [3.8, 4) is 0 Å². The maximum atomic E-state index is 11.9. The zero-order chi connectivity index (χ0) is 17.0. The van der Waals surface area contributed by atoms with Gasteiger partial charge < -0.3 is 14.5 Å². The largest absolute Gasteiger partial charge is 0.461 e. The molecule has 1 heterocycles. The van der Waals surface area contributed by atoms with Crippen molar-refractivity contribution in [2.24, 2.45) is 0 Å². The minimum Gasteiger partial charge on any atom is -0.461 e. The molecule has 0 aliphatic carbocycles. The summed E-state index contributed by atoms with van der Waals surface area (Å²) in [7, 11) is -1.23. The van der Waals surface area contributed by atoms with E-state index in [4.69, 9.17) is 9.47 Å². The Morgan fingerprint density at radius 2 is 1.91 bits per heavy atom. The molecule has 0 unspecified atom stereocenters. The van der Waals surface area contributed by atoms with Gasteiger partial charge in [0.25, 0.3) is 0 Å². The van der Waals surface area contributed by atoms with Crippen molar-refractivity contribution in [1.82, 2.24) is 4.98 Å². The minimum atomic E-state index is -1.23. The Morgan fingerprint density at radius 1 is 1.27 bits per heavy atom. The van der Waals surface area contributed by atoms with E-state index in [9.17, 15) is 9.59 Å². The highest BCUT2D eigenvalue weighted by Gasteiger charge is 2.18. The lowest BCUT2D eigenvalue weighted by atomic mass is 10.2. The third kappa shape index (κ3) is 7.30. The second-order valence-corrected chi connectivity index (χ2v) is 13.0. The molecule has 0 atom stereocenters. The molecule has 0 aliphatic heterocycles. The first-order valence-electron chi connectivity index (χ1n) is 7.32. The highest BCUT2D eigenvalue weighted by atomic mass is 28.3. The molecule has 124 valence electrons. The lowest BCUT2D eigenvalue weighted by Gasteiger charge is -2.19. The van der Waals surface area contributed by atoms with Crippen LogP contribution in [0.5, 0.6) is 0 Å². The van der Waals surface area contributed by atoms with Gasteiger partial charge in [0.05, 0.1) is 12.3 Å². The molecule has 0 saturated heterocycles. The summed E-state index contributed by atoms with van der Waals surface area (Å²) in [6.07, 6.45) is 0.962. The molecular formula is C15H26N2O4Si. The lowest BCUT2D eigenvalue weighted by molar-refractivity contribution is 0.0518. The smallest absolute Gasteiger partial charge is 0.412 e. The van der Waals surface area contributed by atoms with Crippen molar-refractivity contribution in [1.29, 1.82) is 0 Å². The van der Waals surface area contributed by atoms with Crippen LogP contribution in [0.15, 0.2) is 12.3 Å². The van der Waals surface area contributed by atoms with Gasteiger partial charge in [0.15, 0.2) is 0 Å². The normalized spacial score (nSPS) is 11.9. The van der Waals surface area contributed by atoms with Crippen LogP contribution in [0.4, 0.5) is 10.5 Å². The zero-order valence-corrected chi connectivity index (χ0v) is 15.2. The molecule has 6 nitrogen and oxygen atoms in total. The van der Waals surface area contributed by atoms with Crippen molar-refractivity contribution < 1.29 is 19.1 Å². The first-order valence-corrected chi connectivity index (χ1v) is 11.0. The maximum Gasteiger partial charge on any atom is 0.412 e. The van der Waals surface area contributed by atoms with Gasteiger partial charge in [-0.1, -0.05) is 19.6 Å². The molecule has 0 aliphatic rings. The highest BCUT2D eigenvalue weighted by Crippen LogP contribution is 2.14. The van der Waals surface area contributed by atoms with Gasteiger partial charge in [0.2, 0.25) is 0 Å². The molecule has 0 fully saturated rings. The molecule has 22 heavy (non-hydrogen) atoms. The summed E-state index contributed by atoms with van der Waals surface area (Å²) in [5.74, 6) is -0.421. The average Bonchev–Trinajstić information content (AvgIpc) is 2.72. The number of aromatic nitrogens is 1. The van der Waals surface area contributed by atoms with Gasteiger partial charge in [-0.2, -0.15) is 0 Å². The molecule has 1 aromatic rings. The third-order valence-electron chi connectivity index (χ3n) is 2.63. The molecule has 2 N–H and O–H groups in total. The van der Waals surface area contributed by atoms with Crippen LogP contribution in [0.2, 0.25) is 25.7 Å². The van der Waals surface area contributed by atoms with Crippen LogP contribution in [-0.2, 0) is 9.47 Å². The van der Waals surface area contributed by atoms with E-state index in [0.717, 1.165) is 6.04 Å². The van der Waals surface area contributed by atoms with E-state index in [-0.39, 0.29) is 0 Å². The van der Waals surface area contributed by atoms with E-state index in [1.54, 1.807) is 20.8 Å². The highest BCUT2D eigenvalue weighted by molar-refractivity contribution is 6.76. The van der Waals surface area contributed by atoms with Gasteiger partial charge in [-0.15, -0.1) is 0 Å². The first-order chi connectivity index (χ1) is 9.96. The molecule has 1 aromatic heterocycles. The monoisotopic (exact) mass is 326 g/mol. The van der Waals surface area contributed by atoms with Gasteiger partial charge in [0.1, 0.15) is 11.3 Å². The number of H-pyrrole nitrogens is 1. The number of esters is 1. The Balaban J connectivity index is 2.50. The summed E-state index contributed by atoms with van der Waals surface area (Å²) in [6, 6.07) is 2.45. The number of hydrogen-bond acceptors (Lipinski definition) is 4. The van der Waals surface area contributed by atoms with Crippen LogP contribution in [0.1, 0.15) is 31.3 Å². The van der Waals surface area contributed by atoms with Gasteiger partial charge in [-0.3, -0.25) is 5.32 Å². The fraction of sp³-hybridized carbons (Fsp3) is 0.600. The Labute approximate surface area is 132 Å². The second-order valence-electron chi connectivity index (χ2n) is 7.38. The van der Waals surface area contributed by atoms with Crippen LogP contribution < -0.4 is 5.32 Å². The quantitative estimate of drug-likeness (QED) is 0.636. The van der Waals surface area contributed by atoms with Crippen molar-refractivity contribution >= 4 is 25.8 Å². The predicted octanol–water partition coefficient (Wildman–Crippen LogP) is 3.86. The number of hydrogen-bond donors (Lipinski definition) is 2. The predicted molar refractivity (Wildman–Crippen MR) is 89.1 cm³/mol. The van der Waals surface area contributed by atoms with Gasteiger partial charge >= 0.3 is 12.1 Å². The van der Waals surface area contributed by atoms with Crippen molar-refractivity contribution in [2.45, 2.75) is 52.1 Å². The summed E-state index contributed by atoms with van der Waals surface area (Å²) in [5.41, 5.74) is 0.201. The van der Waals surface area contributed by atoms with Crippen molar-refractivity contribution in [3.05, 3.63) is 18.0 Å². The van der Waals surface area contributed by atoms with Crippen LogP contribution >= 0.6 is 0 Å². The molecule has 1 rings (SSSR count). The standard InChI is InChI=1S/C15H26N2O4Si/c1-15(2,3)21-14(19)17-11-9-12(16-10-11)13(18)20-7-8-22(4,5)6/h9-10,16H,7-8H2,1-6H3,(H,17,19). The average molecular weight is 326 g/mol. The number of rotatable bonds is 5. The van der Waals surface area contributed by atoms with Gasteiger partial charge in [-0.05, 0) is 32.9 Å². The number of nitrogens with one attached hydrogen (secondary N) is 2. The number of amides is 1. The van der Waals surface area contributed by atoms with Crippen LogP contribution in [-0.4, -0.2) is 37.3 Å². The van der Waals surface area contributed by atoms with Crippen LogP contribution in [0.3, 0.4) is 0 Å². The number of aromatic amines is 1. The van der Waals surface area contributed by atoms with Crippen molar-refractivity contribution in [2.75, 3.05) is 11.9 Å².